The molecule has 6 nitrogen and oxygen atoms in total. The van der Waals surface area contributed by atoms with Crippen LogP contribution in [0.15, 0.2) is 0 Å². The van der Waals surface area contributed by atoms with Crippen LogP contribution < -0.4 is 0 Å². The fourth-order valence-electron chi connectivity index (χ4n) is 2.53. The van der Waals surface area contributed by atoms with Crippen LogP contribution in [0.2, 0.25) is 0 Å². The molecule has 3 N–H and O–H groups in total. The summed E-state index contributed by atoms with van der Waals surface area (Å²) in [6, 6.07) is 0. The molecule has 0 amide bonds. The van der Waals surface area contributed by atoms with Crippen LogP contribution in [0.4, 0.5) is 0 Å². The molecule has 6 heteroatoms. The summed E-state index contributed by atoms with van der Waals surface area (Å²) in [7, 11) is 0. The smallest absolute Gasteiger partial charge is 0.303 e. The van der Waals surface area contributed by atoms with Crippen LogP contribution in [0.5, 0.6) is 0 Å². The maximum Gasteiger partial charge on any atom is 0.303 e. The molecule has 0 aliphatic heterocycles. The Morgan fingerprint density at radius 2 is 1.33 bits per heavy atom. The van der Waals surface area contributed by atoms with Crippen LogP contribution in [0.3, 0.4) is 0 Å². The van der Waals surface area contributed by atoms with Gasteiger partial charge in [0.25, 0.3) is 0 Å². The Labute approximate surface area is 125 Å². The quantitative estimate of drug-likeness (QED) is 0.511. The zero-order valence-electron chi connectivity index (χ0n) is 12.7. The molecule has 0 radical (unpaired) electrons. The number of hydrogen-bond acceptors (Lipinski definition) is 3. The lowest BCUT2D eigenvalue weighted by Crippen LogP contribution is -2.14. The van der Waals surface area contributed by atoms with Crippen LogP contribution in [0.25, 0.3) is 0 Å². The third-order valence-electron chi connectivity index (χ3n) is 3.64. The highest BCUT2D eigenvalue weighted by Gasteiger charge is 2.19. The number of aliphatic carboxylic acids is 3. The normalized spacial score (nSPS) is 15.1. The van der Waals surface area contributed by atoms with Crippen LogP contribution in [-0.4, -0.2) is 33.2 Å². The molecule has 0 rings (SSSR count). The van der Waals surface area contributed by atoms with E-state index in [1.807, 2.05) is 13.8 Å². The summed E-state index contributed by atoms with van der Waals surface area (Å²) >= 11 is 0. The molecule has 0 spiro atoms. The first kappa shape index (κ1) is 19.4. The lowest BCUT2D eigenvalue weighted by molar-refractivity contribution is -0.139. The fourth-order valence-corrected chi connectivity index (χ4v) is 2.53. The van der Waals surface area contributed by atoms with E-state index >= 15 is 0 Å². The molecule has 21 heavy (non-hydrogen) atoms. The SMILES string of the molecule is CC(CCC(CC(=O)O)CC(C)CCC(=O)O)CC(=O)O. The Morgan fingerprint density at radius 3 is 1.81 bits per heavy atom. The number of rotatable bonds is 12. The van der Waals surface area contributed by atoms with Crippen molar-refractivity contribution in [2.24, 2.45) is 17.8 Å². The molecule has 0 aromatic carbocycles. The van der Waals surface area contributed by atoms with Crippen molar-refractivity contribution in [3.8, 4) is 0 Å². The maximum absolute atomic E-state index is 10.9. The predicted octanol–water partition coefficient (Wildman–Crippen LogP) is 2.86. The van der Waals surface area contributed by atoms with Crippen molar-refractivity contribution >= 4 is 17.9 Å². The monoisotopic (exact) mass is 302 g/mol. The summed E-state index contributed by atoms with van der Waals surface area (Å²) in [5.74, 6) is -2.40. The molecule has 0 aliphatic rings. The van der Waals surface area contributed by atoms with Gasteiger partial charge in [-0.2, -0.15) is 0 Å². The van der Waals surface area contributed by atoms with Crippen molar-refractivity contribution in [2.45, 2.75) is 58.8 Å². The molecular formula is C15H26O6. The van der Waals surface area contributed by atoms with Gasteiger partial charge in [-0.3, -0.25) is 14.4 Å². The van der Waals surface area contributed by atoms with E-state index < -0.39 is 17.9 Å². The predicted molar refractivity (Wildman–Crippen MR) is 77.0 cm³/mol. The largest absolute Gasteiger partial charge is 0.481 e. The standard InChI is InChI=1S/C15H26O6/c1-10(4-6-13(16)17)7-12(9-15(20)21)5-3-11(2)8-14(18)19/h10-12H,3-9H2,1-2H3,(H,16,17)(H,18,19)(H,20,21). The number of carboxylic acids is 3. The van der Waals surface area contributed by atoms with Crippen LogP contribution in [0.1, 0.15) is 58.8 Å². The van der Waals surface area contributed by atoms with E-state index in [0.717, 1.165) is 0 Å². The Balaban J connectivity index is 4.27. The molecule has 0 fully saturated rings. The highest BCUT2D eigenvalue weighted by atomic mass is 16.4. The zero-order valence-corrected chi connectivity index (χ0v) is 12.7. The molecule has 122 valence electrons. The van der Waals surface area contributed by atoms with Gasteiger partial charge in [-0.05, 0) is 43.4 Å². The molecule has 3 atom stereocenters. The average Bonchev–Trinajstić information content (AvgIpc) is 2.32. The third kappa shape index (κ3) is 11.9. The molecule has 0 bridgehead atoms. The van der Waals surface area contributed by atoms with E-state index in [2.05, 4.69) is 0 Å². The summed E-state index contributed by atoms with van der Waals surface area (Å²) in [5.41, 5.74) is 0. The number of hydrogen-bond donors (Lipinski definition) is 3. The lowest BCUT2D eigenvalue weighted by atomic mass is 9.85. The van der Waals surface area contributed by atoms with Crippen molar-refractivity contribution in [3.63, 3.8) is 0 Å². The minimum absolute atomic E-state index is 0.0214. The van der Waals surface area contributed by atoms with Crippen molar-refractivity contribution in [3.05, 3.63) is 0 Å². The second-order valence-corrected chi connectivity index (χ2v) is 6.02. The molecule has 0 heterocycles. The highest BCUT2D eigenvalue weighted by molar-refractivity contribution is 5.67. The topological polar surface area (TPSA) is 112 Å². The van der Waals surface area contributed by atoms with Gasteiger partial charge in [0.1, 0.15) is 0 Å². The molecule has 0 aromatic heterocycles. The first-order valence-corrected chi connectivity index (χ1v) is 7.36. The van der Waals surface area contributed by atoms with Gasteiger partial charge in [-0.25, -0.2) is 0 Å². The first-order valence-electron chi connectivity index (χ1n) is 7.36. The molecule has 0 aliphatic carbocycles. The van der Waals surface area contributed by atoms with Gasteiger partial charge >= 0.3 is 17.9 Å². The fraction of sp³-hybridized carbons (Fsp3) is 0.800. The van der Waals surface area contributed by atoms with Crippen molar-refractivity contribution in [2.75, 3.05) is 0 Å². The first-order chi connectivity index (χ1) is 9.70. The van der Waals surface area contributed by atoms with E-state index in [0.29, 0.717) is 25.7 Å². The Morgan fingerprint density at radius 1 is 0.762 bits per heavy atom. The Hall–Kier alpha value is -1.59. The van der Waals surface area contributed by atoms with Gasteiger partial charge in [-0.15, -0.1) is 0 Å². The maximum atomic E-state index is 10.9. The van der Waals surface area contributed by atoms with Gasteiger partial charge in [-0.1, -0.05) is 13.8 Å². The van der Waals surface area contributed by atoms with E-state index in [1.165, 1.54) is 0 Å². The summed E-state index contributed by atoms with van der Waals surface area (Å²) < 4.78 is 0. The van der Waals surface area contributed by atoms with Gasteiger partial charge in [0, 0.05) is 19.3 Å². The number of carbonyl (C=O) groups is 3. The van der Waals surface area contributed by atoms with E-state index in [9.17, 15) is 14.4 Å². The van der Waals surface area contributed by atoms with Crippen molar-refractivity contribution in [1.29, 1.82) is 0 Å². The minimum atomic E-state index is -0.865. The third-order valence-corrected chi connectivity index (χ3v) is 3.64. The van der Waals surface area contributed by atoms with Gasteiger partial charge < -0.3 is 15.3 Å². The van der Waals surface area contributed by atoms with E-state index in [1.54, 1.807) is 0 Å². The van der Waals surface area contributed by atoms with Crippen molar-refractivity contribution < 1.29 is 29.7 Å². The van der Waals surface area contributed by atoms with Crippen LogP contribution in [-0.2, 0) is 14.4 Å². The van der Waals surface area contributed by atoms with Gasteiger partial charge in [0.2, 0.25) is 0 Å². The summed E-state index contributed by atoms with van der Waals surface area (Å²) in [5, 5.41) is 26.3. The second-order valence-electron chi connectivity index (χ2n) is 6.02. The molecule has 0 aromatic rings. The number of carboxylic acid groups (broad SMARTS) is 3. The minimum Gasteiger partial charge on any atom is -0.481 e. The molecule has 0 saturated heterocycles. The van der Waals surface area contributed by atoms with Crippen LogP contribution in [0, 0.1) is 17.8 Å². The molecule has 0 saturated carbocycles. The highest BCUT2D eigenvalue weighted by Crippen LogP contribution is 2.26. The van der Waals surface area contributed by atoms with Gasteiger partial charge in [0.15, 0.2) is 0 Å². The van der Waals surface area contributed by atoms with Crippen LogP contribution >= 0.6 is 0 Å². The molecular weight excluding hydrogens is 276 g/mol. The summed E-state index contributed by atoms with van der Waals surface area (Å²) in [4.78, 5) is 32.0. The van der Waals surface area contributed by atoms with Gasteiger partial charge in [0.05, 0.1) is 0 Å². The average molecular weight is 302 g/mol. The van der Waals surface area contributed by atoms with E-state index in [4.69, 9.17) is 15.3 Å². The van der Waals surface area contributed by atoms with Crippen molar-refractivity contribution in [1.82, 2.24) is 0 Å². The van der Waals surface area contributed by atoms with E-state index in [-0.39, 0.29) is 37.0 Å². The Bertz CT molecular complexity index is 352. The summed E-state index contributed by atoms with van der Waals surface area (Å²) in [6.45, 7) is 3.78. The zero-order chi connectivity index (χ0) is 16.4. The summed E-state index contributed by atoms with van der Waals surface area (Å²) in [6.07, 6.45) is 2.78. The second kappa shape index (κ2) is 10.2. The lowest BCUT2D eigenvalue weighted by Gasteiger charge is -2.20. The molecule has 3 unspecified atom stereocenters. The Kier molecular flexibility index (Phi) is 9.41.